The lowest BCUT2D eigenvalue weighted by atomic mass is 10.1. The summed E-state index contributed by atoms with van der Waals surface area (Å²) < 4.78 is 16.6. The maximum absolute atomic E-state index is 13.1. The largest absolute Gasteiger partial charge is 0.493 e. The monoisotopic (exact) mass is 469 g/mol. The van der Waals surface area contributed by atoms with Crippen LogP contribution < -0.4 is 9.47 Å². The Morgan fingerprint density at radius 2 is 1.79 bits per heavy atom. The highest BCUT2D eigenvalue weighted by atomic mass is 35.5. The van der Waals surface area contributed by atoms with Crippen molar-refractivity contribution in [2.75, 3.05) is 33.3 Å². The topological polar surface area (TPSA) is 68.0 Å². The van der Waals surface area contributed by atoms with Gasteiger partial charge in [0.2, 0.25) is 0 Å². The third kappa shape index (κ3) is 5.49. The molecule has 33 heavy (non-hydrogen) atoms. The number of piperazine rings is 1. The number of benzene rings is 2. The van der Waals surface area contributed by atoms with Crippen molar-refractivity contribution in [3.63, 3.8) is 0 Å². The van der Waals surface area contributed by atoms with Crippen molar-refractivity contribution in [1.82, 2.24) is 15.0 Å². The molecule has 0 unspecified atom stereocenters. The van der Waals surface area contributed by atoms with Gasteiger partial charge in [-0.05, 0) is 49.7 Å². The lowest BCUT2D eigenvalue weighted by molar-refractivity contribution is 0.0628. The molecule has 1 aliphatic rings. The van der Waals surface area contributed by atoms with Gasteiger partial charge in [0, 0.05) is 43.3 Å². The molecule has 1 saturated heterocycles. The average Bonchev–Trinajstić information content (AvgIpc) is 3.16. The van der Waals surface area contributed by atoms with E-state index in [-0.39, 0.29) is 5.91 Å². The van der Waals surface area contributed by atoms with E-state index in [4.69, 9.17) is 25.6 Å². The molecule has 1 aromatic heterocycles. The summed E-state index contributed by atoms with van der Waals surface area (Å²) in [6.07, 6.45) is 0. The average molecular weight is 470 g/mol. The van der Waals surface area contributed by atoms with Crippen LogP contribution in [-0.2, 0) is 13.2 Å². The van der Waals surface area contributed by atoms with Gasteiger partial charge in [0.25, 0.3) is 5.91 Å². The van der Waals surface area contributed by atoms with E-state index in [1.807, 2.05) is 43.0 Å². The highest BCUT2D eigenvalue weighted by Gasteiger charge is 2.23. The van der Waals surface area contributed by atoms with Crippen molar-refractivity contribution in [3.8, 4) is 11.5 Å². The van der Waals surface area contributed by atoms with Crippen LogP contribution in [-0.4, -0.2) is 54.2 Å². The number of hydrogen-bond donors (Lipinski definition) is 0. The maximum Gasteiger partial charge on any atom is 0.254 e. The number of amides is 1. The lowest BCUT2D eigenvalue weighted by Gasteiger charge is -2.35. The molecule has 4 rings (SSSR count). The van der Waals surface area contributed by atoms with Gasteiger partial charge in [-0.15, -0.1) is 0 Å². The normalized spacial score (nSPS) is 14.4. The van der Waals surface area contributed by atoms with Crippen LogP contribution in [0.3, 0.4) is 0 Å². The van der Waals surface area contributed by atoms with E-state index in [9.17, 15) is 4.79 Å². The molecule has 0 radical (unpaired) electrons. The standard InChI is InChI=1S/C25H28ClN3O4/c1-17-22(18(2)33-27-17)16-32-23-9-6-20(14-24(23)31-3)25(30)29-12-10-28(11-13-29)15-19-4-7-21(26)8-5-19/h4-9,14H,10-13,15-16H2,1-3H3. The molecular formula is C25H28ClN3O4. The van der Waals surface area contributed by atoms with Gasteiger partial charge in [0.15, 0.2) is 11.5 Å². The summed E-state index contributed by atoms with van der Waals surface area (Å²) in [6, 6.07) is 13.2. The zero-order chi connectivity index (χ0) is 23.4. The van der Waals surface area contributed by atoms with Crippen LogP contribution >= 0.6 is 11.6 Å². The van der Waals surface area contributed by atoms with Crippen LogP contribution in [0.1, 0.15) is 32.9 Å². The number of nitrogens with zero attached hydrogens (tertiary/aromatic N) is 3. The number of halogens is 1. The second-order valence-electron chi connectivity index (χ2n) is 8.15. The van der Waals surface area contributed by atoms with Crippen LogP contribution in [0.15, 0.2) is 47.0 Å². The molecule has 0 atom stereocenters. The summed E-state index contributed by atoms with van der Waals surface area (Å²) in [5, 5.41) is 4.69. The highest BCUT2D eigenvalue weighted by Crippen LogP contribution is 2.30. The first-order chi connectivity index (χ1) is 15.9. The van der Waals surface area contributed by atoms with E-state index < -0.39 is 0 Å². The zero-order valence-corrected chi connectivity index (χ0v) is 19.9. The maximum atomic E-state index is 13.1. The molecule has 0 bridgehead atoms. The van der Waals surface area contributed by atoms with Crippen molar-refractivity contribution in [2.24, 2.45) is 0 Å². The summed E-state index contributed by atoms with van der Waals surface area (Å²) in [7, 11) is 1.57. The van der Waals surface area contributed by atoms with E-state index >= 15 is 0 Å². The van der Waals surface area contributed by atoms with Crippen molar-refractivity contribution in [3.05, 3.63) is 75.6 Å². The van der Waals surface area contributed by atoms with Crippen LogP contribution in [0.4, 0.5) is 0 Å². The Labute approximate surface area is 198 Å². The number of carbonyl (C=O) groups is 1. The van der Waals surface area contributed by atoms with E-state index in [0.29, 0.717) is 36.8 Å². The molecule has 3 aromatic rings. The van der Waals surface area contributed by atoms with Gasteiger partial charge in [0.05, 0.1) is 18.4 Å². The van der Waals surface area contributed by atoms with Gasteiger partial charge < -0.3 is 18.9 Å². The summed E-state index contributed by atoms with van der Waals surface area (Å²) in [5.74, 6) is 1.82. The smallest absolute Gasteiger partial charge is 0.254 e. The molecule has 8 heteroatoms. The molecular weight excluding hydrogens is 442 g/mol. The Kier molecular flexibility index (Phi) is 7.20. The predicted octanol–water partition coefficient (Wildman–Crippen LogP) is 4.49. The van der Waals surface area contributed by atoms with Crippen LogP contribution in [0.5, 0.6) is 11.5 Å². The third-order valence-electron chi connectivity index (χ3n) is 5.94. The Hall–Kier alpha value is -3.03. The summed E-state index contributed by atoms with van der Waals surface area (Å²) in [4.78, 5) is 17.3. The predicted molar refractivity (Wildman–Crippen MR) is 126 cm³/mol. The van der Waals surface area contributed by atoms with Crippen LogP contribution in [0, 0.1) is 13.8 Å². The number of aryl methyl sites for hydroxylation is 2. The fourth-order valence-corrected chi connectivity index (χ4v) is 4.04. The SMILES string of the molecule is COc1cc(C(=O)N2CCN(Cc3ccc(Cl)cc3)CC2)ccc1OCc1c(C)noc1C. The molecule has 1 fully saturated rings. The number of rotatable bonds is 7. The molecule has 0 aliphatic carbocycles. The fraction of sp³-hybridized carbons (Fsp3) is 0.360. The molecule has 7 nitrogen and oxygen atoms in total. The van der Waals surface area contributed by atoms with Gasteiger partial charge >= 0.3 is 0 Å². The molecule has 0 N–H and O–H groups in total. The van der Waals surface area contributed by atoms with Crippen molar-refractivity contribution in [1.29, 1.82) is 0 Å². The van der Waals surface area contributed by atoms with Crippen LogP contribution in [0.25, 0.3) is 0 Å². The van der Waals surface area contributed by atoms with Gasteiger partial charge in [0.1, 0.15) is 12.4 Å². The highest BCUT2D eigenvalue weighted by molar-refractivity contribution is 6.30. The summed E-state index contributed by atoms with van der Waals surface area (Å²) in [5.41, 5.74) is 3.51. The zero-order valence-electron chi connectivity index (χ0n) is 19.1. The van der Waals surface area contributed by atoms with Crippen molar-refractivity contribution < 1.29 is 18.8 Å². The number of hydrogen-bond acceptors (Lipinski definition) is 6. The minimum absolute atomic E-state index is 0.00304. The van der Waals surface area contributed by atoms with Gasteiger partial charge in [-0.3, -0.25) is 9.69 Å². The molecule has 0 spiro atoms. The molecule has 2 heterocycles. The first-order valence-corrected chi connectivity index (χ1v) is 11.3. The van der Waals surface area contributed by atoms with E-state index in [1.54, 1.807) is 25.3 Å². The Morgan fingerprint density at radius 3 is 2.42 bits per heavy atom. The molecule has 1 aliphatic heterocycles. The van der Waals surface area contributed by atoms with Crippen molar-refractivity contribution in [2.45, 2.75) is 27.0 Å². The third-order valence-corrected chi connectivity index (χ3v) is 6.19. The minimum atomic E-state index is -0.00304. The number of carbonyl (C=O) groups excluding carboxylic acids is 1. The second kappa shape index (κ2) is 10.3. The Morgan fingerprint density at radius 1 is 1.06 bits per heavy atom. The van der Waals surface area contributed by atoms with E-state index in [2.05, 4.69) is 10.1 Å². The van der Waals surface area contributed by atoms with Gasteiger partial charge in [-0.2, -0.15) is 0 Å². The van der Waals surface area contributed by atoms with Gasteiger partial charge in [-0.25, -0.2) is 0 Å². The number of aromatic nitrogens is 1. The Balaban J connectivity index is 1.35. The fourth-order valence-electron chi connectivity index (χ4n) is 3.92. The van der Waals surface area contributed by atoms with Gasteiger partial charge in [-0.1, -0.05) is 28.9 Å². The first-order valence-electron chi connectivity index (χ1n) is 10.9. The number of methoxy groups -OCH3 is 1. The molecule has 1 amide bonds. The minimum Gasteiger partial charge on any atom is -0.493 e. The quantitative estimate of drug-likeness (QED) is 0.508. The molecule has 174 valence electrons. The van der Waals surface area contributed by atoms with Crippen molar-refractivity contribution >= 4 is 17.5 Å². The second-order valence-corrected chi connectivity index (χ2v) is 8.59. The first kappa shape index (κ1) is 23.1. The Bertz CT molecular complexity index is 1090. The van der Waals surface area contributed by atoms with Crippen LogP contribution in [0.2, 0.25) is 5.02 Å². The van der Waals surface area contributed by atoms with E-state index in [0.717, 1.165) is 41.7 Å². The van der Waals surface area contributed by atoms with E-state index in [1.165, 1.54) is 5.56 Å². The lowest BCUT2D eigenvalue weighted by Crippen LogP contribution is -2.48. The number of ether oxygens (including phenoxy) is 2. The summed E-state index contributed by atoms with van der Waals surface area (Å²) in [6.45, 7) is 7.91. The molecule has 0 saturated carbocycles. The summed E-state index contributed by atoms with van der Waals surface area (Å²) >= 11 is 5.97. The molecule has 2 aromatic carbocycles.